The quantitative estimate of drug-likeness (QED) is 0.343. The number of aryl methyl sites for hydroxylation is 1. The minimum atomic E-state index is -4.22. The number of sulfonamides is 1. The number of hydrogen-bond acceptors (Lipinski definition) is 4. The molecule has 0 aliphatic heterocycles. The van der Waals surface area contributed by atoms with E-state index in [2.05, 4.69) is 5.32 Å². The number of benzene rings is 3. The molecule has 0 aliphatic rings. The molecule has 0 fully saturated rings. The van der Waals surface area contributed by atoms with Gasteiger partial charge in [0.1, 0.15) is 18.4 Å². The van der Waals surface area contributed by atoms with Gasteiger partial charge in [0.15, 0.2) is 0 Å². The van der Waals surface area contributed by atoms with E-state index in [4.69, 9.17) is 11.6 Å². The molecule has 0 saturated heterocycles. The van der Waals surface area contributed by atoms with Gasteiger partial charge in [-0.25, -0.2) is 12.8 Å². The van der Waals surface area contributed by atoms with Crippen LogP contribution in [0.2, 0.25) is 5.02 Å². The molecular formula is C29H33ClFN3O4S. The van der Waals surface area contributed by atoms with E-state index in [0.29, 0.717) is 17.1 Å². The van der Waals surface area contributed by atoms with Crippen LogP contribution in [0.4, 0.5) is 10.1 Å². The van der Waals surface area contributed by atoms with Crippen LogP contribution in [0.15, 0.2) is 77.7 Å². The van der Waals surface area contributed by atoms with Crippen molar-refractivity contribution < 1.29 is 22.4 Å². The van der Waals surface area contributed by atoms with Crippen LogP contribution >= 0.6 is 11.6 Å². The SMILES string of the molecule is Cc1ccc(S(=O)(=O)N(CC(=O)N(Cc2ccccc2Cl)C(C)C(=O)NCC(C)C)c2ccc(F)cc2)cc1. The average Bonchev–Trinajstić information content (AvgIpc) is 2.90. The summed E-state index contributed by atoms with van der Waals surface area (Å²) < 4.78 is 42.1. The summed E-state index contributed by atoms with van der Waals surface area (Å²) in [6, 6.07) is 17.1. The van der Waals surface area contributed by atoms with Crippen LogP contribution in [0, 0.1) is 18.7 Å². The van der Waals surface area contributed by atoms with E-state index >= 15 is 0 Å². The number of hydrogen-bond donors (Lipinski definition) is 1. The lowest BCUT2D eigenvalue weighted by atomic mass is 10.1. The standard InChI is InChI=1S/C29H33ClFN3O4S/c1-20(2)17-32-29(36)22(4)33(18-23-7-5-6-8-27(23)30)28(35)19-34(25-13-11-24(31)12-14-25)39(37,38)26-15-9-21(3)10-16-26/h5-16,20,22H,17-19H2,1-4H3,(H,32,36). The van der Waals surface area contributed by atoms with Crippen molar-refractivity contribution in [2.45, 2.75) is 45.2 Å². The molecular weight excluding hydrogens is 541 g/mol. The molecule has 0 saturated carbocycles. The number of rotatable bonds is 11. The van der Waals surface area contributed by atoms with E-state index in [1.165, 1.54) is 29.2 Å². The van der Waals surface area contributed by atoms with Gasteiger partial charge in [-0.1, -0.05) is 61.3 Å². The maximum Gasteiger partial charge on any atom is 0.264 e. The molecule has 3 aromatic rings. The number of amides is 2. The van der Waals surface area contributed by atoms with Gasteiger partial charge in [0, 0.05) is 18.1 Å². The summed E-state index contributed by atoms with van der Waals surface area (Å²) in [4.78, 5) is 28.1. The lowest BCUT2D eigenvalue weighted by Crippen LogP contribution is -2.51. The van der Waals surface area contributed by atoms with Crippen molar-refractivity contribution in [1.29, 1.82) is 0 Å². The molecule has 3 aromatic carbocycles. The molecule has 10 heteroatoms. The van der Waals surface area contributed by atoms with Crippen LogP contribution < -0.4 is 9.62 Å². The Labute approximate surface area is 234 Å². The molecule has 1 N–H and O–H groups in total. The monoisotopic (exact) mass is 573 g/mol. The highest BCUT2D eigenvalue weighted by molar-refractivity contribution is 7.92. The Morgan fingerprint density at radius 3 is 2.15 bits per heavy atom. The fraction of sp³-hybridized carbons (Fsp3) is 0.310. The van der Waals surface area contributed by atoms with E-state index < -0.39 is 34.3 Å². The number of halogens is 2. The molecule has 0 aromatic heterocycles. The second-order valence-electron chi connectivity index (χ2n) is 9.73. The predicted molar refractivity (Wildman–Crippen MR) is 151 cm³/mol. The zero-order valence-electron chi connectivity index (χ0n) is 22.4. The summed E-state index contributed by atoms with van der Waals surface area (Å²) in [5, 5.41) is 3.24. The molecule has 0 heterocycles. The minimum Gasteiger partial charge on any atom is -0.354 e. The zero-order valence-corrected chi connectivity index (χ0v) is 24.0. The smallest absolute Gasteiger partial charge is 0.264 e. The van der Waals surface area contributed by atoms with E-state index in [1.807, 2.05) is 20.8 Å². The van der Waals surface area contributed by atoms with Crippen LogP contribution in [0.5, 0.6) is 0 Å². The Kier molecular flexibility index (Phi) is 10.1. The third-order valence-corrected chi connectivity index (χ3v) is 8.31. The van der Waals surface area contributed by atoms with Gasteiger partial charge in [-0.3, -0.25) is 13.9 Å². The topological polar surface area (TPSA) is 86.8 Å². The first-order valence-electron chi connectivity index (χ1n) is 12.6. The summed E-state index contributed by atoms with van der Waals surface area (Å²) in [5.41, 5.74) is 1.58. The van der Waals surface area contributed by atoms with Crippen molar-refractivity contribution in [3.8, 4) is 0 Å². The minimum absolute atomic E-state index is 0.0173. The lowest BCUT2D eigenvalue weighted by molar-refractivity contribution is -0.139. The van der Waals surface area contributed by atoms with Crippen molar-refractivity contribution in [3.05, 3.63) is 94.8 Å². The first kappa shape index (κ1) is 30.1. The van der Waals surface area contributed by atoms with Crippen molar-refractivity contribution in [2.75, 3.05) is 17.4 Å². The van der Waals surface area contributed by atoms with Crippen LogP contribution in [-0.4, -0.2) is 44.3 Å². The Morgan fingerprint density at radius 2 is 1.56 bits per heavy atom. The first-order chi connectivity index (χ1) is 18.4. The molecule has 0 aliphatic carbocycles. The molecule has 2 amide bonds. The maximum absolute atomic E-state index is 13.8. The van der Waals surface area contributed by atoms with Gasteiger partial charge in [-0.05, 0) is 67.8 Å². The number of carbonyl (C=O) groups excluding carboxylic acids is 2. The number of nitrogens with zero attached hydrogens (tertiary/aromatic N) is 2. The van der Waals surface area contributed by atoms with Crippen molar-refractivity contribution >= 4 is 39.1 Å². The summed E-state index contributed by atoms with van der Waals surface area (Å²) >= 11 is 6.36. The van der Waals surface area contributed by atoms with E-state index in [1.54, 1.807) is 43.3 Å². The highest BCUT2D eigenvalue weighted by Gasteiger charge is 2.32. The second kappa shape index (κ2) is 13.1. The van der Waals surface area contributed by atoms with Crippen molar-refractivity contribution in [1.82, 2.24) is 10.2 Å². The summed E-state index contributed by atoms with van der Waals surface area (Å²) in [5.74, 6) is -1.35. The van der Waals surface area contributed by atoms with Crippen molar-refractivity contribution in [3.63, 3.8) is 0 Å². The van der Waals surface area contributed by atoms with Gasteiger partial charge < -0.3 is 10.2 Å². The molecule has 0 radical (unpaired) electrons. The highest BCUT2D eigenvalue weighted by atomic mass is 35.5. The van der Waals surface area contributed by atoms with Crippen LogP contribution in [-0.2, 0) is 26.2 Å². The molecule has 208 valence electrons. The molecule has 7 nitrogen and oxygen atoms in total. The van der Waals surface area contributed by atoms with Crippen LogP contribution in [0.25, 0.3) is 0 Å². The number of nitrogens with one attached hydrogen (secondary N) is 1. The van der Waals surface area contributed by atoms with Gasteiger partial charge in [-0.2, -0.15) is 0 Å². The van der Waals surface area contributed by atoms with Gasteiger partial charge >= 0.3 is 0 Å². The Hall–Kier alpha value is -3.43. The van der Waals surface area contributed by atoms with Gasteiger partial charge in [-0.15, -0.1) is 0 Å². The molecule has 0 bridgehead atoms. The number of carbonyl (C=O) groups is 2. The van der Waals surface area contributed by atoms with Gasteiger partial charge in [0.25, 0.3) is 10.0 Å². The summed E-state index contributed by atoms with van der Waals surface area (Å²) in [7, 11) is -4.22. The average molecular weight is 574 g/mol. The Bertz CT molecular complexity index is 1400. The maximum atomic E-state index is 13.8. The molecule has 39 heavy (non-hydrogen) atoms. The largest absolute Gasteiger partial charge is 0.354 e. The zero-order chi connectivity index (χ0) is 28.7. The van der Waals surface area contributed by atoms with Crippen LogP contribution in [0.1, 0.15) is 31.9 Å². The fourth-order valence-corrected chi connectivity index (χ4v) is 5.43. The molecule has 0 spiro atoms. The van der Waals surface area contributed by atoms with E-state index in [-0.39, 0.29) is 29.0 Å². The van der Waals surface area contributed by atoms with E-state index in [9.17, 15) is 22.4 Å². The van der Waals surface area contributed by atoms with Gasteiger partial charge in [0.05, 0.1) is 10.6 Å². The van der Waals surface area contributed by atoms with Gasteiger partial charge in [0.2, 0.25) is 11.8 Å². The third-order valence-electron chi connectivity index (χ3n) is 6.15. The van der Waals surface area contributed by atoms with Crippen molar-refractivity contribution in [2.24, 2.45) is 5.92 Å². The van der Waals surface area contributed by atoms with E-state index in [0.717, 1.165) is 22.0 Å². The Morgan fingerprint density at radius 1 is 0.949 bits per heavy atom. The molecule has 3 rings (SSSR count). The highest BCUT2D eigenvalue weighted by Crippen LogP contribution is 2.26. The summed E-state index contributed by atoms with van der Waals surface area (Å²) in [6.07, 6.45) is 0. The Balaban J connectivity index is 2.01. The lowest BCUT2D eigenvalue weighted by Gasteiger charge is -2.32. The molecule has 1 atom stereocenters. The van der Waals surface area contributed by atoms with Crippen LogP contribution in [0.3, 0.4) is 0 Å². The molecule has 1 unspecified atom stereocenters. The normalized spacial score (nSPS) is 12.2. The first-order valence-corrected chi connectivity index (χ1v) is 14.4. The second-order valence-corrected chi connectivity index (χ2v) is 12.0. The number of anilines is 1. The fourth-order valence-electron chi connectivity index (χ4n) is 3.82. The summed E-state index contributed by atoms with van der Waals surface area (Å²) in [6.45, 7) is 7.10. The third kappa shape index (κ3) is 7.80. The predicted octanol–water partition coefficient (Wildman–Crippen LogP) is 5.17.